The van der Waals surface area contributed by atoms with E-state index in [1.165, 1.54) is 16.7 Å². The molecule has 0 aromatic heterocycles. The van der Waals surface area contributed by atoms with Gasteiger partial charge in [-0.2, -0.15) is 0 Å². The Labute approximate surface area is 399 Å². The van der Waals surface area contributed by atoms with Crippen LogP contribution in [0.2, 0.25) is 0 Å². The zero-order valence-corrected chi connectivity index (χ0v) is 42.8. The van der Waals surface area contributed by atoms with E-state index in [9.17, 15) is 35.1 Å². The van der Waals surface area contributed by atoms with Crippen LogP contribution in [0.4, 0.5) is 10.5 Å². The predicted molar refractivity (Wildman–Crippen MR) is 253 cm³/mol. The van der Waals surface area contributed by atoms with Crippen LogP contribution >= 0.6 is 0 Å². The van der Waals surface area contributed by atoms with E-state index in [0.29, 0.717) is 31.2 Å². The monoisotopic (exact) mass is 951 g/mol. The number of anilines is 1. The normalized spacial score (nSPS) is 43.1. The number of cyclic esters (lactones) is 1. The molecule has 5 rings (SSSR count). The number of esters is 1. The molecule has 17 heteroatoms. The molecule has 384 valence electrons. The second kappa shape index (κ2) is 22.3. The average molecular weight is 951 g/mol. The van der Waals surface area contributed by atoms with Gasteiger partial charge in [0.25, 0.3) is 0 Å². The van der Waals surface area contributed by atoms with Crippen molar-refractivity contribution in [3.05, 3.63) is 30.3 Å². The maximum Gasteiger partial charge on any atom is 0.324 e. The largest absolute Gasteiger partial charge is 0.459 e. The van der Waals surface area contributed by atoms with Gasteiger partial charge in [-0.05, 0) is 112 Å². The summed E-state index contributed by atoms with van der Waals surface area (Å²) in [6, 6.07) is 7.78. The topological polar surface area (TPSA) is 212 Å². The Hall–Kier alpha value is -2.52. The number of aliphatic hydroxyl groups is 5. The van der Waals surface area contributed by atoms with Crippen LogP contribution in [0, 0.1) is 17.8 Å². The van der Waals surface area contributed by atoms with Crippen molar-refractivity contribution in [2.24, 2.45) is 17.8 Å². The van der Waals surface area contributed by atoms with Gasteiger partial charge in [0.1, 0.15) is 35.1 Å². The molecular weight excluding hydrogens is 865 g/mol. The van der Waals surface area contributed by atoms with E-state index in [4.69, 9.17) is 28.4 Å². The maximum absolute atomic E-state index is 14.6. The van der Waals surface area contributed by atoms with Crippen LogP contribution in [-0.2, 0) is 33.2 Å². The Balaban J connectivity index is 1.54. The van der Waals surface area contributed by atoms with E-state index < -0.39 is 108 Å². The lowest BCUT2D eigenvalue weighted by atomic mass is 9.74. The second-order valence-electron chi connectivity index (χ2n) is 21.3. The summed E-state index contributed by atoms with van der Waals surface area (Å²) in [6.45, 7) is 18.0. The first-order valence-electron chi connectivity index (χ1n) is 24.6. The molecule has 0 spiro atoms. The van der Waals surface area contributed by atoms with Crippen molar-refractivity contribution >= 4 is 17.7 Å². The third-order valence-electron chi connectivity index (χ3n) is 15.9. The van der Waals surface area contributed by atoms with Gasteiger partial charge in [-0.3, -0.25) is 9.69 Å². The molecule has 0 bridgehead atoms. The number of likely N-dealkylation sites (N-methyl/N-ethyl adjacent to an activating group) is 2. The highest BCUT2D eigenvalue weighted by Crippen LogP contribution is 2.44. The van der Waals surface area contributed by atoms with Crippen molar-refractivity contribution in [1.82, 2.24) is 15.1 Å². The summed E-state index contributed by atoms with van der Waals surface area (Å²) in [5, 5.41) is 64.1. The number of para-hydroxylation sites is 1. The number of carbonyl (C=O) groups is 2. The van der Waals surface area contributed by atoms with E-state index >= 15 is 0 Å². The fraction of sp³-hybridized carbons (Fsp3) is 0.840. The van der Waals surface area contributed by atoms with Gasteiger partial charge in [0.15, 0.2) is 12.6 Å². The molecule has 1 aromatic carbocycles. The van der Waals surface area contributed by atoms with Gasteiger partial charge in [0, 0.05) is 57.9 Å². The van der Waals surface area contributed by atoms with Gasteiger partial charge >= 0.3 is 12.0 Å². The Morgan fingerprint density at radius 1 is 0.925 bits per heavy atom. The molecule has 4 fully saturated rings. The van der Waals surface area contributed by atoms with Gasteiger partial charge in [0.05, 0.1) is 42.0 Å². The van der Waals surface area contributed by atoms with E-state index in [-0.39, 0.29) is 31.2 Å². The Morgan fingerprint density at radius 2 is 1.57 bits per heavy atom. The summed E-state index contributed by atoms with van der Waals surface area (Å²) in [7, 11) is 6.84. The number of benzene rings is 1. The number of urea groups is 1. The van der Waals surface area contributed by atoms with Crippen LogP contribution in [0.3, 0.4) is 0 Å². The first kappa shape index (κ1) is 55.4. The fourth-order valence-corrected chi connectivity index (χ4v) is 11.1. The van der Waals surface area contributed by atoms with Crippen molar-refractivity contribution in [1.29, 1.82) is 0 Å². The highest BCUT2D eigenvalue weighted by molar-refractivity contribution is 5.91. The Kier molecular flexibility index (Phi) is 18.4. The SMILES string of the molecule is CC[C@H]1OC(=O)[C@H](C)[C@@H](O[C@H]2C[C@@](C)(OC)[C@](O)(CN(C)C3CCC3)[C@H](C)O2)[C@H](C)[C@@H](O[C@@H]2O[C@H](C)C[C@H](N(C)C(=O)N(C)c3ccccc3)[C@H]2O)[C@](C)(O)C[C@@H](C)CN[C@H](C)[C@@H](O)[C@]1(C)O. The lowest BCUT2D eigenvalue weighted by Crippen LogP contribution is -2.70. The number of rotatable bonds is 11. The van der Waals surface area contributed by atoms with Gasteiger partial charge in [0.2, 0.25) is 0 Å². The van der Waals surface area contributed by atoms with Crippen molar-refractivity contribution in [3.63, 3.8) is 0 Å². The van der Waals surface area contributed by atoms with Gasteiger partial charge in [-0.15, -0.1) is 0 Å². The summed E-state index contributed by atoms with van der Waals surface area (Å²) >= 11 is 0. The van der Waals surface area contributed by atoms with E-state index in [1.807, 2.05) is 58.2 Å². The molecule has 6 N–H and O–H groups in total. The number of nitrogens with one attached hydrogen (secondary N) is 1. The van der Waals surface area contributed by atoms with Crippen LogP contribution < -0.4 is 10.2 Å². The van der Waals surface area contributed by atoms with Crippen molar-refractivity contribution in [2.75, 3.05) is 46.2 Å². The van der Waals surface area contributed by atoms with Gasteiger partial charge in [-0.1, -0.05) is 45.4 Å². The molecule has 3 heterocycles. The van der Waals surface area contributed by atoms with Crippen molar-refractivity contribution in [2.45, 2.75) is 210 Å². The number of amides is 2. The summed E-state index contributed by atoms with van der Waals surface area (Å²) in [5.74, 6) is -2.95. The molecule has 17 nitrogen and oxygen atoms in total. The van der Waals surface area contributed by atoms with Crippen LogP contribution in [0.15, 0.2) is 30.3 Å². The zero-order valence-electron chi connectivity index (χ0n) is 42.8. The molecule has 18 atom stereocenters. The molecule has 3 aliphatic heterocycles. The number of carbonyl (C=O) groups excluding carboxylic acids is 2. The highest BCUT2D eigenvalue weighted by atomic mass is 16.7. The van der Waals surface area contributed by atoms with Gasteiger partial charge in [-0.25, -0.2) is 4.79 Å². The molecule has 1 saturated carbocycles. The van der Waals surface area contributed by atoms with E-state index in [1.54, 1.807) is 62.7 Å². The van der Waals surface area contributed by atoms with Crippen LogP contribution in [-0.4, -0.2) is 185 Å². The number of aliphatic hydroxyl groups excluding tert-OH is 2. The van der Waals surface area contributed by atoms with Crippen LogP contribution in [0.1, 0.15) is 114 Å². The second-order valence-corrected chi connectivity index (χ2v) is 21.3. The third-order valence-corrected chi connectivity index (χ3v) is 15.9. The minimum absolute atomic E-state index is 0.0657. The van der Waals surface area contributed by atoms with E-state index in [2.05, 4.69) is 10.2 Å². The molecule has 0 unspecified atom stereocenters. The molecule has 2 amide bonds. The molecule has 67 heavy (non-hydrogen) atoms. The number of ether oxygens (including phenoxy) is 6. The lowest BCUT2D eigenvalue weighted by molar-refractivity contribution is -0.339. The van der Waals surface area contributed by atoms with E-state index in [0.717, 1.165) is 19.3 Å². The first-order valence-corrected chi connectivity index (χ1v) is 24.6. The molecule has 1 aromatic rings. The van der Waals surface area contributed by atoms with Crippen LogP contribution in [0.5, 0.6) is 0 Å². The predicted octanol–water partition coefficient (Wildman–Crippen LogP) is 4.04. The van der Waals surface area contributed by atoms with Crippen molar-refractivity contribution in [3.8, 4) is 0 Å². The van der Waals surface area contributed by atoms with Gasteiger partial charge < -0.3 is 69.1 Å². The number of hydrogen-bond donors (Lipinski definition) is 6. The summed E-state index contributed by atoms with van der Waals surface area (Å²) in [5.41, 5.74) is -5.49. The minimum Gasteiger partial charge on any atom is -0.459 e. The van der Waals surface area contributed by atoms with Crippen LogP contribution in [0.25, 0.3) is 0 Å². The fourth-order valence-electron chi connectivity index (χ4n) is 11.1. The third kappa shape index (κ3) is 12.0. The molecule has 4 aliphatic rings. The maximum atomic E-state index is 14.6. The summed E-state index contributed by atoms with van der Waals surface area (Å²) < 4.78 is 39.0. The Morgan fingerprint density at radius 3 is 2.15 bits per heavy atom. The smallest absolute Gasteiger partial charge is 0.324 e. The molecular formula is C50H86N4O13. The highest BCUT2D eigenvalue weighted by Gasteiger charge is 2.59. The number of nitrogens with zero attached hydrogens (tertiary/aromatic N) is 3. The Bertz CT molecular complexity index is 1760. The lowest BCUT2D eigenvalue weighted by Gasteiger charge is -2.55. The molecule has 3 saturated heterocycles. The minimum atomic E-state index is -1.86. The summed E-state index contributed by atoms with van der Waals surface area (Å²) in [4.78, 5) is 33.6. The zero-order chi connectivity index (χ0) is 50.0. The number of hydrogen-bond acceptors (Lipinski definition) is 15. The molecule has 0 radical (unpaired) electrons. The number of methoxy groups -OCH3 is 1. The average Bonchev–Trinajstić information content (AvgIpc) is 3.25. The first-order chi connectivity index (χ1) is 31.2. The summed E-state index contributed by atoms with van der Waals surface area (Å²) in [6.07, 6.45) is -5.92. The van der Waals surface area contributed by atoms with Crippen molar-refractivity contribution < 1.29 is 63.5 Å². The molecule has 1 aliphatic carbocycles. The standard InChI is InChI=1S/C50H86N4O13/c1-15-38-49(10,60)42(56)33(6)51-27-29(2)25-47(8,59)43(67-45-40(55)37(24-30(3)63-45)54(13)46(58)53(12)36-20-17-16-18-21-36)31(4)41(32(5)44(57)65-38)66-39-26-48(9,62-14)50(61,34(7)64-39)28-52(11)35-22-19-23-35/h16-18,20-21,29-35,37-43,45,51,55-56,59-61H,15,19,22-28H2,1-14H3/t29-,30-,31+,32-,33-,34+,37+,38-,39+,40-,41+,42-,43-,45+,47-,48-,49-,50+/m1/s1. The quantitative estimate of drug-likeness (QED) is 0.173.